The average molecular weight is 212 g/mol. The first-order chi connectivity index (χ1) is 7.31. The van der Waals surface area contributed by atoms with Crippen LogP contribution in [0.2, 0.25) is 0 Å². The second-order valence-electron chi connectivity index (χ2n) is 4.27. The molecule has 2 fully saturated rings. The van der Waals surface area contributed by atoms with E-state index in [2.05, 4.69) is 11.8 Å². The normalized spacial score (nSPS) is 27.7. The van der Waals surface area contributed by atoms with Crippen molar-refractivity contribution in [2.24, 2.45) is 0 Å². The Bertz CT molecular complexity index is 192. The monoisotopic (exact) mass is 212 g/mol. The standard InChI is InChI=1S/C10H18N2O.C2H6/c1-9-7-11(10-3-2-4-10)5-6-12(9)8-13;1-2/h8-10H,2-7H2,1H3;1-2H3/t9-;/m0./s1. The van der Waals surface area contributed by atoms with Gasteiger partial charge >= 0.3 is 0 Å². The van der Waals surface area contributed by atoms with Gasteiger partial charge in [0.1, 0.15) is 0 Å². The minimum atomic E-state index is 0.409. The molecular formula is C12H24N2O. The van der Waals surface area contributed by atoms with Crippen LogP contribution in [0, 0.1) is 0 Å². The number of hydrogen-bond donors (Lipinski definition) is 0. The maximum Gasteiger partial charge on any atom is 0.210 e. The minimum Gasteiger partial charge on any atom is -0.340 e. The predicted molar refractivity (Wildman–Crippen MR) is 62.8 cm³/mol. The molecule has 3 heteroatoms. The second-order valence-corrected chi connectivity index (χ2v) is 4.27. The Morgan fingerprint density at radius 1 is 1.20 bits per heavy atom. The van der Waals surface area contributed by atoms with Crippen LogP contribution < -0.4 is 0 Å². The van der Waals surface area contributed by atoms with Gasteiger partial charge in [0.15, 0.2) is 0 Å². The zero-order valence-electron chi connectivity index (χ0n) is 10.3. The molecule has 2 rings (SSSR count). The highest BCUT2D eigenvalue weighted by atomic mass is 16.1. The minimum absolute atomic E-state index is 0.409. The Labute approximate surface area is 93.4 Å². The first-order valence-corrected chi connectivity index (χ1v) is 6.26. The van der Waals surface area contributed by atoms with E-state index in [1.807, 2.05) is 18.7 Å². The fraction of sp³-hybridized carbons (Fsp3) is 0.917. The van der Waals surface area contributed by atoms with Gasteiger partial charge in [-0.3, -0.25) is 9.69 Å². The van der Waals surface area contributed by atoms with Crippen LogP contribution in [0.25, 0.3) is 0 Å². The summed E-state index contributed by atoms with van der Waals surface area (Å²) in [4.78, 5) is 15.1. The maximum atomic E-state index is 10.6. The lowest BCUT2D eigenvalue weighted by Gasteiger charge is -2.44. The SMILES string of the molecule is CC.C[C@H]1CN(C2CCC2)CCN1C=O. The highest BCUT2D eigenvalue weighted by Crippen LogP contribution is 2.26. The molecule has 2 aliphatic rings. The van der Waals surface area contributed by atoms with Crippen LogP contribution in [0.5, 0.6) is 0 Å². The topological polar surface area (TPSA) is 23.6 Å². The molecule has 0 aromatic heterocycles. The van der Waals surface area contributed by atoms with E-state index >= 15 is 0 Å². The van der Waals surface area contributed by atoms with Crippen molar-refractivity contribution in [3.05, 3.63) is 0 Å². The molecule has 1 aliphatic carbocycles. The van der Waals surface area contributed by atoms with Crippen molar-refractivity contribution in [1.82, 2.24) is 9.80 Å². The number of amides is 1. The molecule has 3 nitrogen and oxygen atoms in total. The fourth-order valence-electron chi connectivity index (χ4n) is 2.24. The fourth-order valence-corrected chi connectivity index (χ4v) is 2.24. The first-order valence-electron chi connectivity index (χ1n) is 6.26. The molecule has 0 unspecified atom stereocenters. The summed E-state index contributed by atoms with van der Waals surface area (Å²) in [5, 5.41) is 0. The van der Waals surface area contributed by atoms with Gasteiger partial charge in [0.25, 0.3) is 0 Å². The molecule has 1 atom stereocenters. The number of rotatable bonds is 2. The number of nitrogens with zero attached hydrogens (tertiary/aromatic N) is 2. The van der Waals surface area contributed by atoms with Gasteiger partial charge in [0.2, 0.25) is 6.41 Å². The van der Waals surface area contributed by atoms with Crippen molar-refractivity contribution < 1.29 is 4.79 Å². The van der Waals surface area contributed by atoms with Gasteiger partial charge in [0.05, 0.1) is 0 Å². The smallest absolute Gasteiger partial charge is 0.210 e. The number of piperazine rings is 1. The summed E-state index contributed by atoms with van der Waals surface area (Å²) in [5.74, 6) is 0. The third kappa shape index (κ3) is 2.94. The molecule has 0 N–H and O–H groups in total. The summed E-state index contributed by atoms with van der Waals surface area (Å²) in [5.41, 5.74) is 0. The average Bonchev–Trinajstić information content (AvgIpc) is 2.19. The molecule has 1 aliphatic heterocycles. The van der Waals surface area contributed by atoms with E-state index in [0.717, 1.165) is 32.1 Å². The van der Waals surface area contributed by atoms with Crippen molar-refractivity contribution in [2.75, 3.05) is 19.6 Å². The number of carbonyl (C=O) groups is 1. The van der Waals surface area contributed by atoms with Crippen LogP contribution in [0.15, 0.2) is 0 Å². The summed E-state index contributed by atoms with van der Waals surface area (Å²) in [7, 11) is 0. The van der Waals surface area contributed by atoms with Gasteiger partial charge in [-0.25, -0.2) is 0 Å². The van der Waals surface area contributed by atoms with Crippen LogP contribution in [-0.2, 0) is 4.79 Å². The summed E-state index contributed by atoms with van der Waals surface area (Å²) < 4.78 is 0. The van der Waals surface area contributed by atoms with Gasteiger partial charge in [-0.2, -0.15) is 0 Å². The zero-order chi connectivity index (χ0) is 11.3. The third-order valence-electron chi connectivity index (χ3n) is 3.44. The van der Waals surface area contributed by atoms with E-state index in [1.54, 1.807) is 0 Å². The highest BCUT2D eigenvalue weighted by Gasteiger charge is 2.30. The van der Waals surface area contributed by atoms with E-state index < -0.39 is 0 Å². The van der Waals surface area contributed by atoms with Crippen LogP contribution in [0.4, 0.5) is 0 Å². The molecule has 88 valence electrons. The Morgan fingerprint density at radius 3 is 2.27 bits per heavy atom. The molecular weight excluding hydrogens is 188 g/mol. The van der Waals surface area contributed by atoms with Crippen molar-refractivity contribution in [3.63, 3.8) is 0 Å². The first kappa shape index (κ1) is 12.5. The molecule has 0 bridgehead atoms. The van der Waals surface area contributed by atoms with Gasteiger partial charge in [-0.1, -0.05) is 20.3 Å². The quantitative estimate of drug-likeness (QED) is 0.651. The van der Waals surface area contributed by atoms with Crippen molar-refractivity contribution in [1.29, 1.82) is 0 Å². The van der Waals surface area contributed by atoms with Crippen molar-refractivity contribution in [3.8, 4) is 0 Å². The molecule has 1 saturated heterocycles. The number of carbonyl (C=O) groups excluding carboxylic acids is 1. The van der Waals surface area contributed by atoms with E-state index in [1.165, 1.54) is 19.3 Å². The van der Waals surface area contributed by atoms with Gasteiger partial charge < -0.3 is 4.90 Å². The van der Waals surface area contributed by atoms with E-state index in [9.17, 15) is 4.79 Å². The summed E-state index contributed by atoms with van der Waals surface area (Å²) in [6.07, 6.45) is 5.12. The maximum absolute atomic E-state index is 10.6. The lowest BCUT2D eigenvalue weighted by atomic mass is 9.90. The molecule has 0 radical (unpaired) electrons. The predicted octanol–water partition coefficient (Wildman–Crippen LogP) is 1.73. The zero-order valence-corrected chi connectivity index (χ0v) is 10.3. The Hall–Kier alpha value is -0.570. The largest absolute Gasteiger partial charge is 0.340 e. The summed E-state index contributed by atoms with van der Waals surface area (Å²) in [6.45, 7) is 9.21. The van der Waals surface area contributed by atoms with Crippen LogP contribution in [-0.4, -0.2) is 47.9 Å². The van der Waals surface area contributed by atoms with Crippen LogP contribution in [0.3, 0.4) is 0 Å². The summed E-state index contributed by atoms with van der Waals surface area (Å²) >= 11 is 0. The van der Waals surface area contributed by atoms with Crippen molar-refractivity contribution >= 4 is 6.41 Å². The Morgan fingerprint density at radius 2 is 1.87 bits per heavy atom. The third-order valence-corrected chi connectivity index (χ3v) is 3.44. The van der Waals surface area contributed by atoms with E-state index in [4.69, 9.17) is 0 Å². The lowest BCUT2D eigenvalue weighted by Crippen LogP contribution is -2.55. The number of hydrogen-bond acceptors (Lipinski definition) is 2. The molecule has 0 aromatic rings. The molecule has 1 heterocycles. The molecule has 0 spiro atoms. The van der Waals surface area contributed by atoms with Gasteiger partial charge in [-0.15, -0.1) is 0 Å². The molecule has 15 heavy (non-hydrogen) atoms. The van der Waals surface area contributed by atoms with Crippen molar-refractivity contribution in [2.45, 2.75) is 52.1 Å². The molecule has 1 saturated carbocycles. The summed E-state index contributed by atoms with van der Waals surface area (Å²) in [6, 6.07) is 1.24. The van der Waals surface area contributed by atoms with Crippen LogP contribution in [0.1, 0.15) is 40.0 Å². The molecule has 0 aromatic carbocycles. The highest BCUT2D eigenvalue weighted by molar-refractivity contribution is 5.48. The molecule has 1 amide bonds. The Balaban J connectivity index is 0.000000531. The van der Waals surface area contributed by atoms with E-state index in [-0.39, 0.29) is 0 Å². The van der Waals surface area contributed by atoms with Gasteiger partial charge in [-0.05, 0) is 19.8 Å². The van der Waals surface area contributed by atoms with Gasteiger partial charge in [0, 0.05) is 31.7 Å². The van der Waals surface area contributed by atoms with E-state index in [0.29, 0.717) is 6.04 Å². The van der Waals surface area contributed by atoms with Crippen LogP contribution >= 0.6 is 0 Å². The Kier molecular flexibility index (Phi) is 5.09. The second kappa shape index (κ2) is 6.11. The lowest BCUT2D eigenvalue weighted by molar-refractivity contribution is -0.123.